The van der Waals surface area contributed by atoms with Crippen molar-refractivity contribution >= 4 is 21.7 Å². The molecule has 3 nitrogen and oxygen atoms in total. The summed E-state index contributed by atoms with van der Waals surface area (Å²) in [5.41, 5.74) is 0. The molecule has 0 radical (unpaired) electrons. The van der Waals surface area contributed by atoms with Crippen molar-refractivity contribution in [3.8, 4) is 0 Å². The van der Waals surface area contributed by atoms with Gasteiger partial charge in [-0.3, -0.25) is 0 Å². The summed E-state index contributed by atoms with van der Waals surface area (Å²) < 4.78 is 0.846. The van der Waals surface area contributed by atoms with Crippen LogP contribution >= 0.6 is 15.9 Å². The molecule has 0 spiro atoms. The van der Waals surface area contributed by atoms with Gasteiger partial charge in [0.05, 0.1) is 0 Å². The van der Waals surface area contributed by atoms with E-state index in [4.69, 9.17) is 0 Å². The molecule has 0 aliphatic heterocycles. The second-order valence-electron chi connectivity index (χ2n) is 4.40. The van der Waals surface area contributed by atoms with Gasteiger partial charge >= 0.3 is 0 Å². The largest absolute Gasteiger partial charge is 0.367 e. The molecule has 1 rings (SSSR count). The number of aromatic nitrogens is 2. The van der Waals surface area contributed by atoms with Gasteiger partial charge in [-0.05, 0) is 35.7 Å². The molecular weight excluding hydrogens is 278 g/mol. The van der Waals surface area contributed by atoms with E-state index in [0.717, 1.165) is 16.2 Å². The van der Waals surface area contributed by atoms with Crippen LogP contribution in [0.5, 0.6) is 0 Å². The van der Waals surface area contributed by atoms with Gasteiger partial charge in [0.25, 0.3) is 0 Å². The van der Waals surface area contributed by atoms with Crippen molar-refractivity contribution in [1.29, 1.82) is 0 Å². The number of aryl methyl sites for hydroxylation is 1. The first-order valence-electron chi connectivity index (χ1n) is 6.43. The van der Waals surface area contributed by atoms with Crippen molar-refractivity contribution in [3.05, 3.63) is 16.5 Å². The van der Waals surface area contributed by atoms with Crippen LogP contribution in [-0.2, 0) is 0 Å². The van der Waals surface area contributed by atoms with Crippen molar-refractivity contribution in [2.75, 3.05) is 5.32 Å². The lowest BCUT2D eigenvalue weighted by molar-refractivity contribution is 0.562. The zero-order valence-electron chi connectivity index (χ0n) is 11.0. The topological polar surface area (TPSA) is 37.8 Å². The molecular formula is C13H22BrN3. The minimum atomic E-state index is 0.529. The van der Waals surface area contributed by atoms with Gasteiger partial charge in [-0.1, -0.05) is 33.1 Å². The van der Waals surface area contributed by atoms with Crippen LogP contribution in [-0.4, -0.2) is 16.0 Å². The molecule has 1 aromatic rings. The maximum absolute atomic E-state index is 4.41. The Bertz CT molecular complexity index is 321. The lowest BCUT2D eigenvalue weighted by atomic mass is 10.1. The molecule has 0 amide bonds. The zero-order valence-corrected chi connectivity index (χ0v) is 12.5. The highest BCUT2D eigenvalue weighted by atomic mass is 79.9. The summed E-state index contributed by atoms with van der Waals surface area (Å²) in [5, 5.41) is 3.52. The zero-order chi connectivity index (χ0) is 12.7. The Morgan fingerprint density at radius 1 is 1.24 bits per heavy atom. The lowest BCUT2D eigenvalue weighted by Crippen LogP contribution is -2.20. The fourth-order valence-corrected chi connectivity index (χ4v) is 2.38. The quantitative estimate of drug-likeness (QED) is 0.762. The minimum Gasteiger partial charge on any atom is -0.367 e. The minimum absolute atomic E-state index is 0.529. The summed E-state index contributed by atoms with van der Waals surface area (Å²) >= 11 is 3.40. The Hall–Kier alpha value is -0.640. The van der Waals surface area contributed by atoms with E-state index in [9.17, 15) is 0 Å². The molecule has 0 bridgehead atoms. The van der Waals surface area contributed by atoms with Crippen LogP contribution in [0.4, 0.5) is 5.82 Å². The number of nitrogens with zero attached hydrogens (tertiary/aromatic N) is 2. The van der Waals surface area contributed by atoms with Crippen molar-refractivity contribution in [2.45, 2.75) is 58.9 Å². The van der Waals surface area contributed by atoms with E-state index in [1.54, 1.807) is 0 Å². The molecule has 1 unspecified atom stereocenters. The van der Waals surface area contributed by atoms with E-state index in [2.05, 4.69) is 45.1 Å². The molecule has 1 aromatic heterocycles. The Kier molecular flexibility index (Phi) is 6.48. The molecule has 1 heterocycles. The Balaban J connectivity index is 2.63. The third-order valence-electron chi connectivity index (χ3n) is 2.70. The van der Waals surface area contributed by atoms with Crippen LogP contribution in [0.1, 0.15) is 51.8 Å². The Labute approximate surface area is 113 Å². The van der Waals surface area contributed by atoms with Gasteiger partial charge in [0.15, 0.2) is 0 Å². The third-order valence-corrected chi connectivity index (χ3v) is 3.11. The first kappa shape index (κ1) is 14.4. The number of nitrogens with one attached hydrogen (secondary N) is 1. The number of hydrogen-bond acceptors (Lipinski definition) is 3. The van der Waals surface area contributed by atoms with Gasteiger partial charge in [-0.15, -0.1) is 0 Å². The predicted octanol–water partition coefficient (Wildman–Crippen LogP) is 4.32. The van der Waals surface area contributed by atoms with E-state index >= 15 is 0 Å². The Morgan fingerprint density at radius 3 is 2.59 bits per heavy atom. The second kappa shape index (κ2) is 7.64. The second-order valence-corrected chi connectivity index (χ2v) is 5.21. The van der Waals surface area contributed by atoms with Crippen LogP contribution in [0.25, 0.3) is 0 Å². The number of unbranched alkanes of at least 4 members (excludes halogenated alkanes) is 1. The molecule has 0 saturated heterocycles. The monoisotopic (exact) mass is 299 g/mol. The van der Waals surface area contributed by atoms with Gasteiger partial charge in [0.2, 0.25) is 0 Å². The van der Waals surface area contributed by atoms with Crippen LogP contribution in [0.2, 0.25) is 0 Å². The fraction of sp³-hybridized carbons (Fsp3) is 0.692. The molecule has 1 N–H and O–H groups in total. The summed E-state index contributed by atoms with van der Waals surface area (Å²) in [6.45, 7) is 6.37. The number of hydrogen-bond donors (Lipinski definition) is 1. The van der Waals surface area contributed by atoms with Gasteiger partial charge in [-0.25, -0.2) is 9.97 Å². The molecule has 0 aliphatic carbocycles. The van der Waals surface area contributed by atoms with E-state index < -0.39 is 0 Å². The molecule has 0 aliphatic rings. The highest BCUT2D eigenvalue weighted by Gasteiger charge is 2.08. The van der Waals surface area contributed by atoms with Gasteiger partial charge in [0.1, 0.15) is 16.2 Å². The summed E-state index contributed by atoms with van der Waals surface area (Å²) in [4.78, 5) is 8.63. The van der Waals surface area contributed by atoms with Gasteiger partial charge in [-0.2, -0.15) is 0 Å². The number of halogens is 1. The molecule has 96 valence electrons. The standard InChI is InChI=1S/C13H22BrN3/c1-4-6-8-11(7-5-2)17-13-9-12(14)15-10(3)16-13/h9,11H,4-8H2,1-3H3,(H,15,16,17). The summed E-state index contributed by atoms with van der Waals surface area (Å²) in [6, 6.07) is 2.47. The van der Waals surface area contributed by atoms with Crippen molar-refractivity contribution in [2.24, 2.45) is 0 Å². The molecule has 0 fully saturated rings. The SMILES string of the molecule is CCCCC(CCC)Nc1cc(Br)nc(C)n1. The van der Waals surface area contributed by atoms with Crippen LogP contribution in [0.3, 0.4) is 0 Å². The number of rotatable bonds is 7. The first-order valence-corrected chi connectivity index (χ1v) is 7.22. The molecule has 17 heavy (non-hydrogen) atoms. The summed E-state index contributed by atoms with van der Waals surface area (Å²) in [6.07, 6.45) is 6.12. The smallest absolute Gasteiger partial charge is 0.131 e. The van der Waals surface area contributed by atoms with Crippen molar-refractivity contribution < 1.29 is 0 Å². The van der Waals surface area contributed by atoms with Crippen molar-refractivity contribution in [1.82, 2.24) is 9.97 Å². The van der Waals surface area contributed by atoms with E-state index in [0.29, 0.717) is 6.04 Å². The van der Waals surface area contributed by atoms with Crippen LogP contribution in [0, 0.1) is 6.92 Å². The summed E-state index contributed by atoms with van der Waals surface area (Å²) in [7, 11) is 0. The maximum atomic E-state index is 4.41. The predicted molar refractivity (Wildman–Crippen MR) is 76.3 cm³/mol. The fourth-order valence-electron chi connectivity index (χ4n) is 1.90. The van der Waals surface area contributed by atoms with E-state index in [-0.39, 0.29) is 0 Å². The Morgan fingerprint density at radius 2 is 2.00 bits per heavy atom. The van der Waals surface area contributed by atoms with Crippen molar-refractivity contribution in [3.63, 3.8) is 0 Å². The maximum Gasteiger partial charge on any atom is 0.131 e. The van der Waals surface area contributed by atoms with Gasteiger partial charge in [0, 0.05) is 12.1 Å². The summed E-state index contributed by atoms with van der Waals surface area (Å²) in [5.74, 6) is 1.73. The van der Waals surface area contributed by atoms with E-state index in [1.807, 2.05) is 13.0 Å². The van der Waals surface area contributed by atoms with Gasteiger partial charge < -0.3 is 5.32 Å². The lowest BCUT2D eigenvalue weighted by Gasteiger charge is -2.18. The average molecular weight is 300 g/mol. The molecule has 0 aromatic carbocycles. The highest BCUT2D eigenvalue weighted by Crippen LogP contribution is 2.16. The average Bonchev–Trinajstić information content (AvgIpc) is 2.24. The molecule has 4 heteroatoms. The van der Waals surface area contributed by atoms with E-state index in [1.165, 1.54) is 32.1 Å². The van der Waals surface area contributed by atoms with Crippen LogP contribution < -0.4 is 5.32 Å². The molecule has 1 atom stereocenters. The first-order chi connectivity index (χ1) is 8.15. The highest BCUT2D eigenvalue weighted by molar-refractivity contribution is 9.10. The normalized spacial score (nSPS) is 12.5. The van der Waals surface area contributed by atoms with Crippen LogP contribution in [0.15, 0.2) is 10.7 Å². The number of anilines is 1. The molecule has 0 saturated carbocycles. The third kappa shape index (κ3) is 5.48.